The first-order chi connectivity index (χ1) is 15.9. The van der Waals surface area contributed by atoms with Crippen molar-refractivity contribution in [1.29, 1.82) is 0 Å². The molecule has 0 saturated heterocycles. The van der Waals surface area contributed by atoms with Crippen molar-refractivity contribution in [2.75, 3.05) is 27.2 Å². The Balaban J connectivity index is 1.74. The number of aryl methyl sites for hydroxylation is 1. The number of ether oxygens (including phenoxy) is 1. The Morgan fingerprint density at radius 3 is 2.67 bits per heavy atom. The van der Waals surface area contributed by atoms with Gasteiger partial charge in [0.2, 0.25) is 10.0 Å². The maximum atomic E-state index is 13.1. The molecule has 11 heteroatoms. The minimum atomic E-state index is -3.70. The standard InChI is InChI=1S/C22H30N6O4S/c1-14-19-20(28(27-14)15-7-5-4-6-8-15)22(29)26-21(25-19)17-10-9-16(13-18(17)32-3)33(30,31)24-12-11-23-2/h9-10,13,15,23-24H,4-8,11-12H2,1-3H3,(H,25,26,29). The van der Waals surface area contributed by atoms with Crippen molar-refractivity contribution in [3.8, 4) is 17.1 Å². The van der Waals surface area contributed by atoms with Gasteiger partial charge in [0.25, 0.3) is 5.56 Å². The average molecular weight is 475 g/mol. The van der Waals surface area contributed by atoms with Gasteiger partial charge in [0.15, 0.2) is 5.52 Å². The molecule has 0 radical (unpaired) electrons. The summed E-state index contributed by atoms with van der Waals surface area (Å²) in [5, 5.41) is 7.54. The highest BCUT2D eigenvalue weighted by molar-refractivity contribution is 7.89. The maximum Gasteiger partial charge on any atom is 0.277 e. The van der Waals surface area contributed by atoms with Crippen molar-refractivity contribution < 1.29 is 13.2 Å². The fraction of sp³-hybridized carbons (Fsp3) is 0.500. The summed E-state index contributed by atoms with van der Waals surface area (Å²) in [4.78, 5) is 20.7. The normalized spacial score (nSPS) is 15.2. The monoisotopic (exact) mass is 474 g/mol. The fourth-order valence-electron chi connectivity index (χ4n) is 4.34. The molecule has 10 nitrogen and oxygen atoms in total. The number of hydrogen-bond acceptors (Lipinski definition) is 7. The molecule has 1 fully saturated rings. The maximum absolute atomic E-state index is 13.1. The van der Waals surface area contributed by atoms with E-state index in [2.05, 4.69) is 20.1 Å². The number of H-pyrrole nitrogens is 1. The number of benzene rings is 1. The first-order valence-corrected chi connectivity index (χ1v) is 12.7. The van der Waals surface area contributed by atoms with Crippen LogP contribution < -0.4 is 20.3 Å². The van der Waals surface area contributed by atoms with E-state index in [1.54, 1.807) is 13.1 Å². The van der Waals surface area contributed by atoms with Crippen molar-refractivity contribution in [1.82, 2.24) is 29.8 Å². The Labute approximate surface area is 192 Å². The Morgan fingerprint density at radius 2 is 1.97 bits per heavy atom. The fourth-order valence-corrected chi connectivity index (χ4v) is 5.38. The number of hydrogen-bond donors (Lipinski definition) is 3. The van der Waals surface area contributed by atoms with Gasteiger partial charge in [-0.15, -0.1) is 0 Å². The van der Waals surface area contributed by atoms with Crippen LogP contribution in [0.15, 0.2) is 27.9 Å². The highest BCUT2D eigenvalue weighted by Crippen LogP contribution is 2.33. The van der Waals surface area contributed by atoms with Gasteiger partial charge in [0.05, 0.1) is 29.3 Å². The van der Waals surface area contributed by atoms with Gasteiger partial charge in [-0.3, -0.25) is 9.48 Å². The zero-order valence-corrected chi connectivity index (χ0v) is 20.0. The zero-order valence-electron chi connectivity index (χ0n) is 19.1. The second kappa shape index (κ2) is 9.62. The van der Waals surface area contributed by atoms with Crippen LogP contribution in [0.4, 0.5) is 0 Å². The van der Waals surface area contributed by atoms with E-state index in [9.17, 15) is 13.2 Å². The van der Waals surface area contributed by atoms with E-state index in [4.69, 9.17) is 9.72 Å². The first kappa shape index (κ1) is 23.4. The van der Waals surface area contributed by atoms with Crippen LogP contribution in [0.25, 0.3) is 22.4 Å². The molecule has 3 N–H and O–H groups in total. The highest BCUT2D eigenvalue weighted by Gasteiger charge is 2.24. The van der Waals surface area contributed by atoms with E-state index >= 15 is 0 Å². The van der Waals surface area contributed by atoms with Gasteiger partial charge >= 0.3 is 0 Å². The van der Waals surface area contributed by atoms with Gasteiger partial charge in [-0.1, -0.05) is 19.3 Å². The summed E-state index contributed by atoms with van der Waals surface area (Å²) in [6, 6.07) is 4.70. The van der Waals surface area contributed by atoms with E-state index in [1.165, 1.54) is 25.7 Å². The second-order valence-electron chi connectivity index (χ2n) is 8.30. The molecule has 0 atom stereocenters. The lowest BCUT2D eigenvalue weighted by Crippen LogP contribution is -2.30. The molecular weight excluding hydrogens is 444 g/mol. The minimum absolute atomic E-state index is 0.0731. The van der Waals surface area contributed by atoms with E-state index in [0.717, 1.165) is 25.7 Å². The molecule has 1 aliphatic carbocycles. The summed E-state index contributed by atoms with van der Waals surface area (Å²) in [7, 11) is -0.500. The molecule has 4 rings (SSSR count). The third-order valence-electron chi connectivity index (χ3n) is 6.05. The van der Waals surface area contributed by atoms with Crippen LogP contribution in [0.1, 0.15) is 43.8 Å². The van der Waals surface area contributed by atoms with Gasteiger partial charge in [-0.25, -0.2) is 18.1 Å². The van der Waals surface area contributed by atoms with Gasteiger partial charge < -0.3 is 15.0 Å². The van der Waals surface area contributed by atoms with Crippen LogP contribution in [0.3, 0.4) is 0 Å². The van der Waals surface area contributed by atoms with E-state index in [0.29, 0.717) is 40.4 Å². The van der Waals surface area contributed by atoms with Crippen LogP contribution in [0, 0.1) is 6.92 Å². The summed E-state index contributed by atoms with van der Waals surface area (Å²) in [6.45, 7) is 2.62. The molecule has 1 aromatic carbocycles. The second-order valence-corrected chi connectivity index (χ2v) is 10.1. The lowest BCUT2D eigenvalue weighted by molar-refractivity contribution is 0.336. The van der Waals surface area contributed by atoms with E-state index in [1.807, 2.05) is 11.6 Å². The number of sulfonamides is 1. The van der Waals surface area contributed by atoms with Crippen molar-refractivity contribution in [3.63, 3.8) is 0 Å². The minimum Gasteiger partial charge on any atom is -0.496 e. The third-order valence-corrected chi connectivity index (χ3v) is 7.51. The predicted molar refractivity (Wildman–Crippen MR) is 126 cm³/mol. The number of likely N-dealkylation sites (N-methyl/N-ethyl adjacent to an activating group) is 1. The molecule has 0 amide bonds. The van der Waals surface area contributed by atoms with Gasteiger partial charge in [-0.05, 0) is 38.9 Å². The van der Waals surface area contributed by atoms with Gasteiger partial charge in [0, 0.05) is 19.2 Å². The van der Waals surface area contributed by atoms with Gasteiger partial charge in [0.1, 0.15) is 17.1 Å². The molecule has 0 spiro atoms. The smallest absolute Gasteiger partial charge is 0.277 e. The first-order valence-electron chi connectivity index (χ1n) is 11.2. The number of aromatic amines is 1. The molecule has 2 heterocycles. The van der Waals surface area contributed by atoms with Crippen LogP contribution >= 0.6 is 0 Å². The lowest BCUT2D eigenvalue weighted by atomic mass is 9.95. The number of nitrogens with one attached hydrogen (secondary N) is 3. The Hall–Kier alpha value is -2.76. The van der Waals surface area contributed by atoms with Crippen molar-refractivity contribution in [3.05, 3.63) is 34.2 Å². The Morgan fingerprint density at radius 1 is 1.21 bits per heavy atom. The molecule has 178 valence electrons. The quantitative estimate of drug-likeness (QED) is 0.426. The Kier molecular flexibility index (Phi) is 6.82. The summed E-state index contributed by atoms with van der Waals surface area (Å²) in [5.41, 5.74) is 1.95. The number of rotatable bonds is 8. The largest absolute Gasteiger partial charge is 0.496 e. The molecule has 33 heavy (non-hydrogen) atoms. The van der Waals surface area contributed by atoms with Gasteiger partial charge in [-0.2, -0.15) is 5.10 Å². The molecule has 1 saturated carbocycles. The zero-order chi connectivity index (χ0) is 23.6. The molecular formula is C22H30N6O4S. The topological polar surface area (TPSA) is 131 Å². The average Bonchev–Trinajstić information content (AvgIpc) is 3.16. The Bertz CT molecular complexity index is 1310. The third kappa shape index (κ3) is 4.66. The summed E-state index contributed by atoms with van der Waals surface area (Å²) in [5.74, 6) is 0.606. The number of aromatic nitrogens is 4. The van der Waals surface area contributed by atoms with Crippen LogP contribution in [0.2, 0.25) is 0 Å². The number of nitrogens with zero attached hydrogens (tertiary/aromatic N) is 3. The van der Waals surface area contributed by atoms with Crippen molar-refractivity contribution >= 4 is 21.1 Å². The van der Waals surface area contributed by atoms with Crippen molar-refractivity contribution in [2.45, 2.75) is 50.0 Å². The summed E-state index contributed by atoms with van der Waals surface area (Å²) < 4.78 is 35.0. The lowest BCUT2D eigenvalue weighted by Gasteiger charge is -2.22. The van der Waals surface area contributed by atoms with Crippen LogP contribution in [-0.2, 0) is 10.0 Å². The van der Waals surface area contributed by atoms with Crippen LogP contribution in [0.5, 0.6) is 5.75 Å². The number of fused-ring (bicyclic) bond motifs is 1. The SMILES string of the molecule is CNCCNS(=O)(=O)c1ccc(-c2nc3c(C)nn(C4CCCCC4)c3c(=O)[nH]2)c(OC)c1. The summed E-state index contributed by atoms with van der Waals surface area (Å²) >= 11 is 0. The number of methoxy groups -OCH3 is 1. The molecule has 3 aromatic rings. The highest BCUT2D eigenvalue weighted by atomic mass is 32.2. The molecule has 0 unspecified atom stereocenters. The van der Waals surface area contributed by atoms with Crippen molar-refractivity contribution in [2.24, 2.45) is 0 Å². The van der Waals surface area contributed by atoms with E-state index < -0.39 is 10.0 Å². The molecule has 0 aliphatic heterocycles. The molecule has 2 aromatic heterocycles. The molecule has 0 bridgehead atoms. The molecule has 1 aliphatic rings. The summed E-state index contributed by atoms with van der Waals surface area (Å²) in [6.07, 6.45) is 5.48. The predicted octanol–water partition coefficient (Wildman–Crippen LogP) is 2.11. The van der Waals surface area contributed by atoms with Crippen LogP contribution in [-0.4, -0.2) is 55.4 Å². The van der Waals surface area contributed by atoms with E-state index in [-0.39, 0.29) is 23.0 Å².